The Balaban J connectivity index is 1.18. The second-order valence-corrected chi connectivity index (χ2v) is 10.6. The zero-order chi connectivity index (χ0) is 20.4. The van der Waals surface area contributed by atoms with E-state index in [-0.39, 0.29) is 0 Å². The molecule has 2 unspecified atom stereocenters. The standard InChI is InChI=1S/C21H27ClN4O2S/c1-29(27,28)19-4-2-18(3-5-19)23-9-6-16-12-20(16)15-7-10-26(11-8-15)21-24-13-17(22)14-25-21/h2-5,13-16,20,23H,6-12H2,1H3. The smallest absolute Gasteiger partial charge is 0.225 e. The van der Waals surface area contributed by atoms with E-state index in [0.29, 0.717) is 9.92 Å². The first-order chi connectivity index (χ1) is 13.9. The molecule has 1 aromatic heterocycles. The maximum absolute atomic E-state index is 11.5. The number of nitrogens with zero attached hydrogens (tertiary/aromatic N) is 3. The SMILES string of the molecule is CS(=O)(=O)c1ccc(NCCC2CC2C2CCN(c3ncc(Cl)cn3)CC2)cc1. The molecule has 1 aromatic carbocycles. The largest absolute Gasteiger partial charge is 0.385 e. The highest BCUT2D eigenvalue weighted by Gasteiger charge is 2.43. The Bertz CT molecular complexity index is 926. The highest BCUT2D eigenvalue weighted by atomic mass is 35.5. The normalized spacial score (nSPS) is 22.5. The summed E-state index contributed by atoms with van der Waals surface area (Å²) in [4.78, 5) is 11.3. The third-order valence-corrected chi connectivity index (χ3v) is 7.46. The summed E-state index contributed by atoms with van der Waals surface area (Å²) in [5.74, 6) is 3.24. The molecule has 6 nitrogen and oxygen atoms in total. The predicted octanol–water partition coefficient (Wildman–Crippen LogP) is 3.89. The number of aromatic nitrogens is 2. The fourth-order valence-electron chi connectivity index (χ4n) is 4.40. The lowest BCUT2D eigenvalue weighted by Crippen LogP contribution is -2.35. The zero-order valence-corrected chi connectivity index (χ0v) is 18.2. The van der Waals surface area contributed by atoms with Gasteiger partial charge in [0.15, 0.2) is 9.84 Å². The highest BCUT2D eigenvalue weighted by molar-refractivity contribution is 7.90. The minimum Gasteiger partial charge on any atom is -0.385 e. The average molecular weight is 435 g/mol. The zero-order valence-electron chi connectivity index (χ0n) is 16.6. The van der Waals surface area contributed by atoms with E-state index in [9.17, 15) is 8.42 Å². The molecule has 2 atom stereocenters. The Morgan fingerprint density at radius 1 is 1.14 bits per heavy atom. The molecule has 1 N–H and O–H groups in total. The van der Waals surface area contributed by atoms with Crippen molar-refractivity contribution < 1.29 is 8.42 Å². The molecule has 1 aliphatic heterocycles. The second-order valence-electron chi connectivity index (χ2n) is 8.20. The predicted molar refractivity (Wildman–Crippen MR) is 116 cm³/mol. The summed E-state index contributed by atoms with van der Waals surface area (Å²) >= 11 is 5.87. The molecule has 2 heterocycles. The lowest BCUT2D eigenvalue weighted by atomic mass is 9.90. The van der Waals surface area contributed by atoms with Crippen molar-refractivity contribution >= 4 is 33.1 Å². The molecule has 1 saturated carbocycles. The third kappa shape index (κ3) is 5.20. The summed E-state index contributed by atoms with van der Waals surface area (Å²) < 4.78 is 23.0. The molecule has 0 bridgehead atoms. The number of piperidine rings is 1. The fraction of sp³-hybridized carbons (Fsp3) is 0.524. The molecule has 0 spiro atoms. The number of hydrogen-bond acceptors (Lipinski definition) is 6. The van der Waals surface area contributed by atoms with Crippen molar-refractivity contribution in [2.24, 2.45) is 17.8 Å². The van der Waals surface area contributed by atoms with Gasteiger partial charge >= 0.3 is 0 Å². The molecule has 2 aliphatic rings. The van der Waals surface area contributed by atoms with E-state index in [0.717, 1.165) is 49.0 Å². The number of rotatable bonds is 7. The minimum absolute atomic E-state index is 0.362. The number of nitrogens with one attached hydrogen (secondary N) is 1. The van der Waals surface area contributed by atoms with E-state index in [1.54, 1.807) is 24.5 Å². The summed E-state index contributed by atoms with van der Waals surface area (Å²) in [5.41, 5.74) is 0.978. The van der Waals surface area contributed by atoms with Crippen LogP contribution in [0, 0.1) is 17.8 Å². The van der Waals surface area contributed by atoms with Crippen molar-refractivity contribution in [2.75, 3.05) is 36.1 Å². The van der Waals surface area contributed by atoms with Gasteiger partial charge in [-0.05, 0) is 67.7 Å². The molecule has 1 saturated heterocycles. The van der Waals surface area contributed by atoms with E-state index in [1.807, 2.05) is 12.1 Å². The number of benzene rings is 1. The molecular formula is C21H27ClN4O2S. The van der Waals surface area contributed by atoms with Crippen molar-refractivity contribution in [1.29, 1.82) is 0 Å². The summed E-state index contributed by atoms with van der Waals surface area (Å²) in [5, 5.41) is 3.99. The van der Waals surface area contributed by atoms with Crippen LogP contribution in [0.4, 0.5) is 11.6 Å². The second kappa shape index (κ2) is 8.48. The molecule has 2 fully saturated rings. The maximum atomic E-state index is 11.5. The number of hydrogen-bond donors (Lipinski definition) is 1. The Labute approximate surface area is 177 Å². The summed E-state index contributed by atoms with van der Waals surface area (Å²) in [6, 6.07) is 7.01. The monoisotopic (exact) mass is 434 g/mol. The van der Waals surface area contributed by atoms with Crippen LogP contribution in [0.15, 0.2) is 41.6 Å². The van der Waals surface area contributed by atoms with Gasteiger partial charge in [0.1, 0.15) is 0 Å². The average Bonchev–Trinajstić information content (AvgIpc) is 3.48. The van der Waals surface area contributed by atoms with Crippen LogP contribution in [-0.4, -0.2) is 44.3 Å². The van der Waals surface area contributed by atoms with Gasteiger partial charge in [-0.2, -0.15) is 0 Å². The molecule has 0 radical (unpaired) electrons. The molecular weight excluding hydrogens is 408 g/mol. The van der Waals surface area contributed by atoms with E-state index in [2.05, 4.69) is 20.2 Å². The van der Waals surface area contributed by atoms with E-state index >= 15 is 0 Å². The van der Waals surface area contributed by atoms with Gasteiger partial charge < -0.3 is 10.2 Å². The van der Waals surface area contributed by atoms with Crippen molar-refractivity contribution in [3.63, 3.8) is 0 Å². The Kier molecular flexibility index (Phi) is 5.97. The van der Waals surface area contributed by atoms with Gasteiger partial charge in [0, 0.05) is 31.6 Å². The third-order valence-electron chi connectivity index (χ3n) is 6.14. The number of anilines is 2. The van der Waals surface area contributed by atoms with Crippen molar-refractivity contribution in [1.82, 2.24) is 9.97 Å². The number of halogens is 1. The topological polar surface area (TPSA) is 75.2 Å². The van der Waals surface area contributed by atoms with Gasteiger partial charge in [-0.3, -0.25) is 0 Å². The molecule has 8 heteroatoms. The molecule has 29 heavy (non-hydrogen) atoms. The number of sulfone groups is 1. The molecule has 2 aromatic rings. The van der Waals surface area contributed by atoms with Gasteiger partial charge in [-0.1, -0.05) is 11.6 Å². The van der Waals surface area contributed by atoms with Gasteiger partial charge in [0.05, 0.1) is 22.3 Å². The summed E-state index contributed by atoms with van der Waals surface area (Å²) in [7, 11) is -3.13. The van der Waals surface area contributed by atoms with Gasteiger partial charge in [-0.15, -0.1) is 0 Å². The van der Waals surface area contributed by atoms with Crippen molar-refractivity contribution in [3.8, 4) is 0 Å². The van der Waals surface area contributed by atoms with Crippen LogP contribution in [0.2, 0.25) is 5.02 Å². The van der Waals surface area contributed by atoms with Crippen LogP contribution < -0.4 is 10.2 Å². The highest BCUT2D eigenvalue weighted by Crippen LogP contribution is 2.49. The van der Waals surface area contributed by atoms with Crippen molar-refractivity contribution in [3.05, 3.63) is 41.7 Å². The molecule has 0 amide bonds. The van der Waals surface area contributed by atoms with Crippen LogP contribution in [-0.2, 0) is 9.84 Å². The van der Waals surface area contributed by atoms with E-state index in [4.69, 9.17) is 11.6 Å². The van der Waals surface area contributed by atoms with Crippen LogP contribution in [0.25, 0.3) is 0 Å². The van der Waals surface area contributed by atoms with Crippen LogP contribution in [0.5, 0.6) is 0 Å². The quantitative estimate of drug-likeness (QED) is 0.712. The Morgan fingerprint density at radius 2 is 1.79 bits per heavy atom. The summed E-state index contributed by atoms with van der Waals surface area (Å²) in [6.07, 6.45) is 9.45. The van der Waals surface area contributed by atoms with E-state index < -0.39 is 9.84 Å². The lowest BCUT2D eigenvalue weighted by molar-refractivity contribution is 0.343. The molecule has 4 rings (SSSR count). The van der Waals surface area contributed by atoms with E-state index in [1.165, 1.54) is 31.9 Å². The Morgan fingerprint density at radius 3 is 2.41 bits per heavy atom. The lowest BCUT2D eigenvalue weighted by Gasteiger charge is -2.32. The fourth-order valence-corrected chi connectivity index (χ4v) is 5.13. The first-order valence-corrected chi connectivity index (χ1v) is 12.4. The van der Waals surface area contributed by atoms with Gasteiger partial charge in [-0.25, -0.2) is 18.4 Å². The van der Waals surface area contributed by atoms with Gasteiger partial charge in [0.25, 0.3) is 0 Å². The Hall–Kier alpha value is -1.86. The summed E-state index contributed by atoms with van der Waals surface area (Å²) in [6.45, 7) is 2.96. The van der Waals surface area contributed by atoms with Crippen molar-refractivity contribution in [2.45, 2.75) is 30.6 Å². The molecule has 1 aliphatic carbocycles. The van der Waals surface area contributed by atoms with Crippen LogP contribution in [0.1, 0.15) is 25.7 Å². The van der Waals surface area contributed by atoms with Crippen LogP contribution in [0.3, 0.4) is 0 Å². The molecule has 156 valence electrons. The van der Waals surface area contributed by atoms with Crippen LogP contribution >= 0.6 is 11.6 Å². The first kappa shape index (κ1) is 20.4. The minimum atomic E-state index is -3.13. The maximum Gasteiger partial charge on any atom is 0.225 e. The first-order valence-electron chi connectivity index (χ1n) is 10.2. The van der Waals surface area contributed by atoms with Gasteiger partial charge in [0.2, 0.25) is 5.95 Å².